The second-order valence-electron chi connectivity index (χ2n) is 3.54. The molecule has 1 fully saturated rings. The van der Waals surface area contributed by atoms with Gasteiger partial charge < -0.3 is 9.47 Å². The Kier molecular flexibility index (Phi) is 2.98. The normalized spacial score (nSPS) is 18.3. The first-order chi connectivity index (χ1) is 7.15. The number of halogens is 2. The van der Waals surface area contributed by atoms with Crippen LogP contribution in [0.15, 0.2) is 18.2 Å². The van der Waals surface area contributed by atoms with Crippen LogP contribution in [-0.2, 0) is 9.06 Å². The number of alkyl halides is 1. The van der Waals surface area contributed by atoms with Crippen LogP contribution in [0.2, 0.25) is 0 Å². The lowest BCUT2D eigenvalue weighted by molar-refractivity contribution is -0.00712. The van der Waals surface area contributed by atoms with Gasteiger partial charge in [-0.05, 0) is 24.6 Å². The van der Waals surface area contributed by atoms with E-state index in [0.29, 0.717) is 25.6 Å². The fourth-order valence-electron chi connectivity index (χ4n) is 1.50. The van der Waals surface area contributed by atoms with E-state index in [9.17, 15) is 4.39 Å². The van der Waals surface area contributed by atoms with Crippen molar-refractivity contribution in [3.63, 3.8) is 0 Å². The van der Waals surface area contributed by atoms with Crippen molar-refractivity contribution >= 4 is 15.9 Å². The molecular weight excluding hydrogens is 263 g/mol. The van der Waals surface area contributed by atoms with Crippen molar-refractivity contribution < 1.29 is 13.9 Å². The number of ether oxygens (including phenoxy) is 2. The van der Waals surface area contributed by atoms with Gasteiger partial charge in [0.2, 0.25) is 0 Å². The molecule has 2 rings (SSSR count). The van der Waals surface area contributed by atoms with Crippen molar-refractivity contribution in [2.24, 2.45) is 0 Å². The van der Waals surface area contributed by atoms with Gasteiger partial charge in [0.25, 0.3) is 0 Å². The summed E-state index contributed by atoms with van der Waals surface area (Å²) in [5, 5.41) is 0. The van der Waals surface area contributed by atoms with Crippen LogP contribution in [0.3, 0.4) is 0 Å². The molecule has 0 amide bonds. The molecule has 0 saturated carbocycles. The smallest absolute Gasteiger partial charge is 0.165 e. The molecule has 0 aromatic heterocycles. The Morgan fingerprint density at radius 1 is 1.53 bits per heavy atom. The van der Waals surface area contributed by atoms with Gasteiger partial charge in [0, 0.05) is 0 Å². The molecule has 1 aliphatic heterocycles. The van der Waals surface area contributed by atoms with Crippen LogP contribution in [0.1, 0.15) is 12.5 Å². The first kappa shape index (κ1) is 10.9. The van der Waals surface area contributed by atoms with Crippen molar-refractivity contribution in [3.8, 4) is 5.75 Å². The molecular formula is C11H12BrFO2. The van der Waals surface area contributed by atoms with E-state index >= 15 is 0 Å². The molecule has 0 N–H and O–H groups in total. The summed E-state index contributed by atoms with van der Waals surface area (Å²) in [4.78, 5) is 0. The molecule has 1 saturated heterocycles. The molecule has 15 heavy (non-hydrogen) atoms. The molecule has 1 aliphatic rings. The Labute approximate surface area is 96.5 Å². The van der Waals surface area contributed by atoms with Gasteiger partial charge in [0.05, 0.1) is 24.1 Å². The van der Waals surface area contributed by atoms with Crippen LogP contribution >= 0.6 is 15.9 Å². The molecule has 0 spiro atoms. The van der Waals surface area contributed by atoms with Gasteiger partial charge in [-0.15, -0.1) is 0 Å². The molecule has 1 heterocycles. The third-order valence-corrected chi connectivity index (χ3v) is 3.33. The lowest BCUT2D eigenvalue weighted by Crippen LogP contribution is -2.41. The summed E-state index contributed by atoms with van der Waals surface area (Å²) in [6, 6.07) is 5.03. The predicted molar refractivity (Wildman–Crippen MR) is 59.0 cm³/mol. The molecule has 1 aromatic carbocycles. The zero-order chi connectivity index (χ0) is 10.9. The van der Waals surface area contributed by atoms with E-state index in [-0.39, 0.29) is 10.1 Å². The number of benzene rings is 1. The van der Waals surface area contributed by atoms with Gasteiger partial charge in [-0.1, -0.05) is 22.0 Å². The van der Waals surface area contributed by atoms with Gasteiger partial charge >= 0.3 is 0 Å². The SMILES string of the molecule is CCOc1ccc(C2(Br)COC2)cc1F. The van der Waals surface area contributed by atoms with E-state index in [4.69, 9.17) is 9.47 Å². The summed E-state index contributed by atoms with van der Waals surface area (Å²) in [5.74, 6) is -0.0160. The minimum absolute atomic E-state index is 0.210. The predicted octanol–water partition coefficient (Wildman–Crippen LogP) is 2.84. The van der Waals surface area contributed by atoms with Crippen LogP contribution in [-0.4, -0.2) is 19.8 Å². The summed E-state index contributed by atoms with van der Waals surface area (Å²) in [7, 11) is 0. The van der Waals surface area contributed by atoms with Gasteiger partial charge in [-0.3, -0.25) is 0 Å². The monoisotopic (exact) mass is 274 g/mol. The fraction of sp³-hybridized carbons (Fsp3) is 0.455. The largest absolute Gasteiger partial charge is 0.491 e. The van der Waals surface area contributed by atoms with Crippen LogP contribution < -0.4 is 4.74 Å². The first-order valence-electron chi connectivity index (χ1n) is 4.85. The lowest BCUT2D eigenvalue weighted by Gasteiger charge is -2.36. The van der Waals surface area contributed by atoms with E-state index in [2.05, 4.69) is 15.9 Å². The molecule has 0 aliphatic carbocycles. The Morgan fingerprint density at radius 3 is 2.73 bits per heavy atom. The minimum Gasteiger partial charge on any atom is -0.491 e. The van der Waals surface area contributed by atoms with Crippen molar-refractivity contribution in [2.45, 2.75) is 11.2 Å². The molecule has 0 radical (unpaired) electrons. The Hall–Kier alpha value is -0.610. The standard InChI is InChI=1S/C11H12BrFO2/c1-2-15-10-4-3-8(5-9(10)13)11(12)6-14-7-11/h3-5H,2,6-7H2,1H3. The Bertz CT molecular complexity index is 364. The minimum atomic E-state index is -0.319. The number of hydrogen-bond donors (Lipinski definition) is 0. The lowest BCUT2D eigenvalue weighted by atomic mass is 9.97. The van der Waals surface area contributed by atoms with Crippen molar-refractivity contribution in [2.75, 3.05) is 19.8 Å². The summed E-state index contributed by atoms with van der Waals surface area (Å²) in [5.41, 5.74) is 0.898. The quantitative estimate of drug-likeness (QED) is 0.790. The highest BCUT2D eigenvalue weighted by atomic mass is 79.9. The van der Waals surface area contributed by atoms with Crippen LogP contribution in [0.5, 0.6) is 5.75 Å². The fourth-order valence-corrected chi connectivity index (χ4v) is 2.07. The highest BCUT2D eigenvalue weighted by molar-refractivity contribution is 9.09. The van der Waals surface area contributed by atoms with Crippen LogP contribution in [0, 0.1) is 5.82 Å². The highest BCUT2D eigenvalue weighted by Crippen LogP contribution is 2.39. The van der Waals surface area contributed by atoms with Gasteiger partial charge in [-0.25, -0.2) is 4.39 Å². The Morgan fingerprint density at radius 2 is 2.27 bits per heavy atom. The average Bonchev–Trinajstić information content (AvgIpc) is 2.18. The summed E-state index contributed by atoms with van der Waals surface area (Å²) in [6.45, 7) is 3.47. The summed E-state index contributed by atoms with van der Waals surface area (Å²) < 4.78 is 23.6. The van der Waals surface area contributed by atoms with Gasteiger partial charge in [-0.2, -0.15) is 0 Å². The third-order valence-electron chi connectivity index (χ3n) is 2.41. The molecule has 4 heteroatoms. The second-order valence-corrected chi connectivity index (χ2v) is 5.05. The zero-order valence-corrected chi connectivity index (χ0v) is 10.0. The number of hydrogen-bond acceptors (Lipinski definition) is 2. The molecule has 1 aromatic rings. The average molecular weight is 275 g/mol. The maximum atomic E-state index is 13.5. The molecule has 0 bridgehead atoms. The maximum Gasteiger partial charge on any atom is 0.165 e. The molecule has 2 nitrogen and oxygen atoms in total. The van der Waals surface area contributed by atoms with Crippen LogP contribution in [0.25, 0.3) is 0 Å². The second kappa shape index (κ2) is 4.10. The van der Waals surface area contributed by atoms with Gasteiger partial charge in [0.15, 0.2) is 11.6 Å². The molecule has 0 unspecified atom stereocenters. The third kappa shape index (κ3) is 2.01. The van der Waals surface area contributed by atoms with E-state index in [1.165, 1.54) is 6.07 Å². The highest BCUT2D eigenvalue weighted by Gasteiger charge is 2.37. The topological polar surface area (TPSA) is 18.5 Å². The Balaban J connectivity index is 2.25. The molecule has 82 valence electrons. The van der Waals surface area contributed by atoms with E-state index in [1.54, 1.807) is 6.07 Å². The van der Waals surface area contributed by atoms with Crippen molar-refractivity contribution in [1.82, 2.24) is 0 Å². The van der Waals surface area contributed by atoms with E-state index < -0.39 is 0 Å². The number of rotatable bonds is 3. The summed E-state index contributed by atoms with van der Waals surface area (Å²) >= 11 is 3.54. The van der Waals surface area contributed by atoms with E-state index in [1.807, 2.05) is 13.0 Å². The van der Waals surface area contributed by atoms with Crippen LogP contribution in [0.4, 0.5) is 4.39 Å². The zero-order valence-electron chi connectivity index (χ0n) is 8.43. The van der Waals surface area contributed by atoms with Gasteiger partial charge in [0.1, 0.15) is 0 Å². The first-order valence-corrected chi connectivity index (χ1v) is 5.64. The van der Waals surface area contributed by atoms with Crippen molar-refractivity contribution in [3.05, 3.63) is 29.6 Å². The maximum absolute atomic E-state index is 13.5. The van der Waals surface area contributed by atoms with Crippen molar-refractivity contribution in [1.29, 1.82) is 0 Å². The van der Waals surface area contributed by atoms with E-state index in [0.717, 1.165) is 5.56 Å². The summed E-state index contributed by atoms with van der Waals surface area (Å²) in [6.07, 6.45) is 0. The molecule has 0 atom stereocenters.